The van der Waals surface area contributed by atoms with E-state index in [4.69, 9.17) is 0 Å². The number of non-ortho nitro benzene ring substituents is 1. The van der Waals surface area contributed by atoms with E-state index in [0.717, 1.165) is 30.8 Å². The van der Waals surface area contributed by atoms with Gasteiger partial charge in [-0.15, -0.1) is 0 Å². The summed E-state index contributed by atoms with van der Waals surface area (Å²) in [6.07, 6.45) is 4.78. The third kappa shape index (κ3) is 5.94. The van der Waals surface area contributed by atoms with Crippen LogP contribution in [0.2, 0.25) is 0 Å². The zero-order chi connectivity index (χ0) is 24.7. The van der Waals surface area contributed by atoms with Gasteiger partial charge >= 0.3 is 0 Å². The predicted molar refractivity (Wildman–Crippen MR) is 132 cm³/mol. The summed E-state index contributed by atoms with van der Waals surface area (Å²) in [5.41, 5.74) is 3.37. The van der Waals surface area contributed by atoms with Gasteiger partial charge in [-0.2, -0.15) is 5.10 Å². The first-order valence-corrected chi connectivity index (χ1v) is 11.0. The number of anilines is 2. The van der Waals surface area contributed by atoms with Crippen molar-refractivity contribution in [2.75, 3.05) is 10.6 Å². The smallest absolute Gasteiger partial charge is 0.270 e. The van der Waals surface area contributed by atoms with E-state index in [0.29, 0.717) is 22.5 Å². The molecule has 176 valence electrons. The summed E-state index contributed by atoms with van der Waals surface area (Å²) in [6, 6.07) is 12.6. The van der Waals surface area contributed by atoms with E-state index in [1.165, 1.54) is 24.3 Å². The molecule has 34 heavy (non-hydrogen) atoms. The highest BCUT2D eigenvalue weighted by molar-refractivity contribution is 6.12. The highest BCUT2D eigenvalue weighted by Crippen LogP contribution is 2.23. The Labute approximate surface area is 197 Å². The number of unbranched alkanes of at least 4 members (excludes halogenated alkanes) is 1. The van der Waals surface area contributed by atoms with Gasteiger partial charge in [0.15, 0.2) is 0 Å². The Morgan fingerprint density at radius 3 is 2.62 bits per heavy atom. The maximum atomic E-state index is 13.0. The van der Waals surface area contributed by atoms with Crippen molar-refractivity contribution < 1.29 is 14.5 Å². The molecule has 0 spiro atoms. The minimum absolute atomic E-state index is 0.0619. The molecule has 0 saturated carbocycles. The fourth-order valence-electron chi connectivity index (χ4n) is 3.46. The number of nitro groups is 1. The van der Waals surface area contributed by atoms with Gasteiger partial charge in [-0.3, -0.25) is 24.4 Å². The molecule has 1 heterocycles. The molecular weight excluding hydrogens is 434 g/mol. The van der Waals surface area contributed by atoms with Crippen molar-refractivity contribution in [3.63, 3.8) is 0 Å². The number of aromatic nitrogens is 2. The number of nitrogens with one attached hydrogen (secondary N) is 2. The lowest BCUT2D eigenvalue weighted by molar-refractivity contribution is -0.384. The number of amides is 2. The first-order chi connectivity index (χ1) is 16.3. The molecule has 0 aliphatic rings. The molecule has 9 heteroatoms. The second kappa shape index (κ2) is 11.0. The minimum Gasteiger partial charge on any atom is -0.322 e. The van der Waals surface area contributed by atoms with Gasteiger partial charge in [0.1, 0.15) is 0 Å². The van der Waals surface area contributed by atoms with E-state index >= 15 is 0 Å². The molecule has 1 aromatic heterocycles. The quantitative estimate of drug-likeness (QED) is 0.261. The number of nitro benzene ring substituents is 1. The van der Waals surface area contributed by atoms with Crippen molar-refractivity contribution in [3.05, 3.63) is 87.2 Å². The van der Waals surface area contributed by atoms with Crippen LogP contribution in [0.4, 0.5) is 17.1 Å². The molecule has 0 aliphatic heterocycles. The van der Waals surface area contributed by atoms with Gasteiger partial charge in [0.05, 0.1) is 33.2 Å². The molecule has 0 atom stereocenters. The fourth-order valence-corrected chi connectivity index (χ4v) is 3.46. The molecule has 2 amide bonds. The third-order valence-electron chi connectivity index (χ3n) is 5.28. The lowest BCUT2D eigenvalue weighted by atomic mass is 10.1. The second-order valence-electron chi connectivity index (χ2n) is 7.80. The van der Waals surface area contributed by atoms with Crippen molar-refractivity contribution in [1.82, 2.24) is 9.78 Å². The lowest BCUT2D eigenvalue weighted by Gasteiger charge is -2.11. The molecule has 0 saturated heterocycles. The molecule has 2 N–H and O–H groups in total. The molecule has 3 rings (SSSR count). The summed E-state index contributed by atoms with van der Waals surface area (Å²) < 4.78 is 1.89. The lowest BCUT2D eigenvalue weighted by Crippen LogP contribution is -2.17. The van der Waals surface area contributed by atoms with E-state index in [1.54, 1.807) is 36.4 Å². The first kappa shape index (κ1) is 24.4. The minimum atomic E-state index is -0.497. The molecule has 0 fully saturated rings. The van der Waals surface area contributed by atoms with Crippen LogP contribution in [0.25, 0.3) is 6.08 Å². The number of benzene rings is 2. The van der Waals surface area contributed by atoms with Crippen molar-refractivity contribution in [1.29, 1.82) is 0 Å². The zero-order valence-electron chi connectivity index (χ0n) is 19.4. The molecule has 0 bridgehead atoms. The van der Waals surface area contributed by atoms with Crippen LogP contribution in [0.15, 0.2) is 54.6 Å². The molecule has 0 aliphatic carbocycles. The first-order valence-electron chi connectivity index (χ1n) is 11.0. The summed E-state index contributed by atoms with van der Waals surface area (Å²) >= 11 is 0. The number of aryl methyl sites for hydroxylation is 2. The molecule has 2 aromatic carbocycles. The number of hydrogen-bond donors (Lipinski definition) is 2. The average molecular weight is 462 g/mol. The summed E-state index contributed by atoms with van der Waals surface area (Å²) in [5, 5.41) is 21.1. The van der Waals surface area contributed by atoms with Crippen molar-refractivity contribution in [2.45, 2.75) is 40.2 Å². The molecule has 3 aromatic rings. The average Bonchev–Trinajstić information content (AvgIpc) is 3.09. The monoisotopic (exact) mass is 461 g/mol. The van der Waals surface area contributed by atoms with Gasteiger partial charge in [0, 0.05) is 24.8 Å². The maximum absolute atomic E-state index is 13.0. The number of hydrogen-bond acceptors (Lipinski definition) is 5. The second-order valence-corrected chi connectivity index (χ2v) is 7.80. The van der Waals surface area contributed by atoms with Crippen LogP contribution in [-0.4, -0.2) is 26.5 Å². The van der Waals surface area contributed by atoms with Crippen LogP contribution in [0.3, 0.4) is 0 Å². The summed E-state index contributed by atoms with van der Waals surface area (Å²) in [7, 11) is 0. The Hall–Kier alpha value is -4.27. The predicted octanol–water partition coefficient (Wildman–Crippen LogP) is 5.11. The van der Waals surface area contributed by atoms with Crippen molar-refractivity contribution in [2.24, 2.45) is 0 Å². The standard InChI is InChI=1S/C25H27N5O4/c1-4-5-15-29-18(3)24(17(2)28-29)27-25(32)21-11-6-7-12-22(21)26-23(31)14-13-19-9-8-10-20(16-19)30(33)34/h6-14,16H,4-5,15H2,1-3H3,(H,26,31)(H,27,32)/b14-13+. The fraction of sp³-hybridized carbons (Fsp3) is 0.240. The number of carbonyl (C=O) groups is 2. The SMILES string of the molecule is CCCCn1nc(C)c(NC(=O)c2ccccc2NC(=O)/C=C/c2cccc([N+](=O)[O-])c2)c1C. The van der Waals surface area contributed by atoms with Crippen LogP contribution in [0.1, 0.15) is 47.1 Å². The Bertz CT molecular complexity index is 1250. The Kier molecular flexibility index (Phi) is 7.92. The van der Waals surface area contributed by atoms with Crippen LogP contribution >= 0.6 is 0 Å². The number of para-hydroxylation sites is 1. The van der Waals surface area contributed by atoms with Crippen LogP contribution < -0.4 is 10.6 Å². The van der Waals surface area contributed by atoms with Gasteiger partial charge < -0.3 is 10.6 Å². The van der Waals surface area contributed by atoms with Gasteiger partial charge in [-0.05, 0) is 44.0 Å². The Morgan fingerprint density at radius 1 is 1.12 bits per heavy atom. The topological polar surface area (TPSA) is 119 Å². The normalized spacial score (nSPS) is 10.9. The summed E-state index contributed by atoms with van der Waals surface area (Å²) in [5.74, 6) is -0.827. The van der Waals surface area contributed by atoms with E-state index in [2.05, 4.69) is 22.7 Å². The van der Waals surface area contributed by atoms with E-state index < -0.39 is 10.8 Å². The van der Waals surface area contributed by atoms with E-state index in [1.807, 2.05) is 18.5 Å². The highest BCUT2D eigenvalue weighted by Gasteiger charge is 2.18. The Balaban J connectivity index is 1.74. The van der Waals surface area contributed by atoms with Gasteiger partial charge in [-0.1, -0.05) is 37.6 Å². The van der Waals surface area contributed by atoms with E-state index in [9.17, 15) is 19.7 Å². The summed E-state index contributed by atoms with van der Waals surface area (Å²) in [6.45, 7) is 6.65. The molecule has 9 nitrogen and oxygen atoms in total. The molecule has 0 unspecified atom stereocenters. The Morgan fingerprint density at radius 2 is 1.88 bits per heavy atom. The third-order valence-corrected chi connectivity index (χ3v) is 5.28. The van der Waals surface area contributed by atoms with Gasteiger partial charge in [0.25, 0.3) is 11.6 Å². The van der Waals surface area contributed by atoms with Crippen LogP contribution in [0, 0.1) is 24.0 Å². The van der Waals surface area contributed by atoms with Gasteiger partial charge in [0.2, 0.25) is 5.91 Å². The number of rotatable bonds is 9. The summed E-state index contributed by atoms with van der Waals surface area (Å²) in [4.78, 5) is 35.9. The van der Waals surface area contributed by atoms with Crippen molar-refractivity contribution >= 4 is 35.0 Å². The zero-order valence-corrected chi connectivity index (χ0v) is 19.4. The van der Waals surface area contributed by atoms with E-state index in [-0.39, 0.29) is 11.6 Å². The van der Waals surface area contributed by atoms with Crippen LogP contribution in [-0.2, 0) is 11.3 Å². The van der Waals surface area contributed by atoms with Crippen molar-refractivity contribution in [3.8, 4) is 0 Å². The molecular formula is C25H27N5O4. The maximum Gasteiger partial charge on any atom is 0.270 e. The number of nitrogens with zero attached hydrogens (tertiary/aromatic N) is 3. The van der Waals surface area contributed by atoms with Gasteiger partial charge in [-0.25, -0.2) is 0 Å². The highest BCUT2D eigenvalue weighted by atomic mass is 16.6. The molecule has 0 radical (unpaired) electrons. The largest absolute Gasteiger partial charge is 0.322 e. The van der Waals surface area contributed by atoms with Crippen LogP contribution in [0.5, 0.6) is 0 Å². The number of carbonyl (C=O) groups excluding carboxylic acids is 2.